The van der Waals surface area contributed by atoms with Crippen LogP contribution in [0.25, 0.3) is 0 Å². The summed E-state index contributed by atoms with van der Waals surface area (Å²) < 4.78 is 0. The second-order valence-electron chi connectivity index (χ2n) is 10.7. The lowest BCUT2D eigenvalue weighted by molar-refractivity contribution is 0.590. The summed E-state index contributed by atoms with van der Waals surface area (Å²) in [4.78, 5) is 4.49. The van der Waals surface area contributed by atoms with Crippen molar-refractivity contribution in [2.45, 2.75) is 52.4 Å². The molecule has 2 aromatic rings. The Kier molecular flexibility index (Phi) is 7.70. The van der Waals surface area contributed by atoms with Gasteiger partial charge in [-0.3, -0.25) is 0 Å². The van der Waals surface area contributed by atoms with Gasteiger partial charge in [-0.2, -0.15) is 0 Å². The van der Waals surface area contributed by atoms with E-state index in [-0.39, 0.29) is 24.6 Å². The number of para-hydroxylation sites is 2. The van der Waals surface area contributed by atoms with Crippen LogP contribution < -0.4 is 10.5 Å². The zero-order valence-electron chi connectivity index (χ0n) is 20.7. The predicted molar refractivity (Wildman–Crippen MR) is 136 cm³/mol. The fourth-order valence-corrected chi connectivity index (χ4v) is 3.83. The molecule has 0 radical (unpaired) electrons. The van der Waals surface area contributed by atoms with Gasteiger partial charge in [0, 0.05) is 11.4 Å². The molecular weight excluding hydrogens is 366 g/mol. The Balaban J connectivity index is 2.43. The first-order chi connectivity index (χ1) is 13.8. The van der Waals surface area contributed by atoms with E-state index in [0.717, 1.165) is 0 Å². The fraction of sp³-hybridized carbons (Fsp3) is 0.500. The van der Waals surface area contributed by atoms with Gasteiger partial charge >= 0.3 is 13.7 Å². The standard InChI is InChI=1S/C24H40B2N4/c1-23(2,3)19-15-11-13-17-21(19)27-25(29(7)8)26(30(9)10)28-22-18-14-12-16-20(22)24(4,5)6/h11-18,27-28H,1-10H3. The van der Waals surface area contributed by atoms with Crippen molar-refractivity contribution in [3.63, 3.8) is 0 Å². The molecule has 0 aromatic heterocycles. The number of hydrogen-bond acceptors (Lipinski definition) is 4. The van der Waals surface area contributed by atoms with E-state index in [0.29, 0.717) is 0 Å². The third kappa shape index (κ3) is 6.05. The second-order valence-corrected chi connectivity index (χ2v) is 10.7. The first-order valence-corrected chi connectivity index (χ1v) is 10.9. The van der Waals surface area contributed by atoms with Gasteiger partial charge in [-0.1, -0.05) is 77.9 Å². The molecule has 0 aliphatic carbocycles. The summed E-state index contributed by atoms with van der Waals surface area (Å²) >= 11 is 0. The van der Waals surface area contributed by atoms with Crippen LogP contribution in [0.1, 0.15) is 52.7 Å². The van der Waals surface area contributed by atoms with E-state index in [1.54, 1.807) is 0 Å². The molecule has 6 heteroatoms. The van der Waals surface area contributed by atoms with Crippen LogP contribution in [0.5, 0.6) is 0 Å². The van der Waals surface area contributed by atoms with Crippen molar-refractivity contribution in [3.05, 3.63) is 59.7 Å². The first kappa shape index (κ1) is 24.4. The van der Waals surface area contributed by atoms with Crippen molar-refractivity contribution in [2.75, 3.05) is 38.6 Å². The average molecular weight is 406 g/mol. The molecule has 0 bridgehead atoms. The molecule has 0 heterocycles. The summed E-state index contributed by atoms with van der Waals surface area (Å²) in [5, 5.41) is 7.67. The third-order valence-electron chi connectivity index (χ3n) is 5.49. The minimum absolute atomic E-state index is 0.0662. The zero-order valence-corrected chi connectivity index (χ0v) is 20.7. The second kappa shape index (κ2) is 9.49. The summed E-state index contributed by atoms with van der Waals surface area (Å²) in [5.74, 6) is 0. The molecule has 0 amide bonds. The van der Waals surface area contributed by atoms with E-state index in [1.807, 2.05) is 0 Å². The molecule has 0 saturated heterocycles. The van der Waals surface area contributed by atoms with Crippen LogP contribution in [-0.2, 0) is 10.8 Å². The smallest absolute Gasteiger partial charge is 0.348 e. The molecule has 0 fully saturated rings. The Morgan fingerprint density at radius 1 is 0.567 bits per heavy atom. The van der Waals surface area contributed by atoms with Crippen molar-refractivity contribution in [3.8, 4) is 0 Å². The molecule has 0 unspecified atom stereocenters. The van der Waals surface area contributed by atoms with Gasteiger partial charge in [-0.05, 0) is 62.3 Å². The van der Waals surface area contributed by atoms with Crippen LogP contribution in [0, 0.1) is 0 Å². The highest BCUT2D eigenvalue weighted by Gasteiger charge is 2.38. The summed E-state index contributed by atoms with van der Waals surface area (Å²) in [5.41, 5.74) is 5.15. The van der Waals surface area contributed by atoms with Crippen molar-refractivity contribution < 1.29 is 0 Å². The maximum absolute atomic E-state index is 3.84. The molecule has 30 heavy (non-hydrogen) atoms. The topological polar surface area (TPSA) is 30.5 Å². The average Bonchev–Trinajstić information content (AvgIpc) is 2.63. The maximum atomic E-state index is 3.84. The summed E-state index contributed by atoms with van der Waals surface area (Å²) in [6.45, 7) is 13.7. The monoisotopic (exact) mass is 406 g/mol. The molecule has 0 aliphatic rings. The molecule has 2 aromatic carbocycles. The molecule has 0 aliphatic heterocycles. The number of nitrogens with one attached hydrogen (secondary N) is 2. The third-order valence-corrected chi connectivity index (χ3v) is 5.49. The van der Waals surface area contributed by atoms with E-state index in [2.05, 4.69) is 138 Å². The number of nitrogens with zero attached hydrogens (tertiary/aromatic N) is 2. The number of benzene rings is 2. The van der Waals surface area contributed by atoms with Crippen molar-refractivity contribution in [1.82, 2.24) is 9.62 Å². The lowest BCUT2D eigenvalue weighted by Gasteiger charge is -2.35. The number of anilines is 2. The van der Waals surface area contributed by atoms with Gasteiger partial charge in [0.05, 0.1) is 0 Å². The summed E-state index contributed by atoms with van der Waals surface area (Å²) in [6.07, 6.45) is 0. The highest BCUT2D eigenvalue weighted by molar-refractivity contribution is 7.22. The molecule has 162 valence electrons. The van der Waals surface area contributed by atoms with Crippen molar-refractivity contribution in [1.29, 1.82) is 0 Å². The Bertz CT molecular complexity index is 753. The van der Waals surface area contributed by atoms with E-state index < -0.39 is 0 Å². The van der Waals surface area contributed by atoms with Crippen LogP contribution in [-0.4, -0.2) is 51.6 Å². The van der Waals surface area contributed by atoms with E-state index in [1.165, 1.54) is 22.5 Å². The van der Waals surface area contributed by atoms with Crippen LogP contribution in [0.2, 0.25) is 0 Å². The van der Waals surface area contributed by atoms with Crippen LogP contribution >= 0.6 is 0 Å². The zero-order chi connectivity index (χ0) is 22.7. The fourth-order valence-electron chi connectivity index (χ4n) is 3.83. The SMILES string of the molecule is CN(C)B(Nc1ccccc1C(C)(C)C)B(Nc1ccccc1C(C)(C)C)N(C)C. The molecule has 4 nitrogen and oxygen atoms in total. The predicted octanol–water partition coefficient (Wildman–Crippen LogP) is 4.98. The van der Waals surface area contributed by atoms with Gasteiger partial charge in [0.1, 0.15) is 0 Å². The summed E-state index contributed by atoms with van der Waals surface area (Å²) in [6, 6.07) is 17.3. The molecule has 0 spiro atoms. The Morgan fingerprint density at radius 3 is 1.13 bits per heavy atom. The maximum Gasteiger partial charge on any atom is 0.348 e. The van der Waals surface area contributed by atoms with Crippen LogP contribution in [0.3, 0.4) is 0 Å². The van der Waals surface area contributed by atoms with Gasteiger partial charge in [0.2, 0.25) is 0 Å². The molecular formula is C24H40B2N4. The minimum Gasteiger partial charge on any atom is -0.417 e. The Labute approximate surface area is 185 Å². The van der Waals surface area contributed by atoms with Gasteiger partial charge in [0.15, 0.2) is 0 Å². The number of rotatable bonds is 7. The lowest BCUT2D eigenvalue weighted by atomic mass is 9.32. The molecule has 2 rings (SSSR count). The van der Waals surface area contributed by atoms with E-state index in [9.17, 15) is 0 Å². The first-order valence-electron chi connectivity index (χ1n) is 10.9. The minimum atomic E-state index is 0.0662. The van der Waals surface area contributed by atoms with Gasteiger partial charge < -0.3 is 20.1 Å². The number of hydrogen-bond donors (Lipinski definition) is 2. The van der Waals surface area contributed by atoms with Crippen molar-refractivity contribution in [2.24, 2.45) is 0 Å². The van der Waals surface area contributed by atoms with E-state index >= 15 is 0 Å². The quantitative estimate of drug-likeness (QED) is 0.635. The Morgan fingerprint density at radius 2 is 0.867 bits per heavy atom. The van der Waals surface area contributed by atoms with Gasteiger partial charge in [-0.25, -0.2) is 0 Å². The highest BCUT2D eigenvalue weighted by atomic mass is 15.2. The highest BCUT2D eigenvalue weighted by Crippen LogP contribution is 2.31. The summed E-state index contributed by atoms with van der Waals surface area (Å²) in [7, 11) is 8.52. The van der Waals surface area contributed by atoms with Gasteiger partial charge in [0.25, 0.3) is 0 Å². The molecule has 0 saturated carbocycles. The molecule has 0 atom stereocenters. The largest absolute Gasteiger partial charge is 0.417 e. The Hall–Kier alpha value is -1.91. The van der Waals surface area contributed by atoms with Crippen LogP contribution in [0.15, 0.2) is 48.5 Å². The van der Waals surface area contributed by atoms with Gasteiger partial charge in [-0.15, -0.1) is 0 Å². The van der Waals surface area contributed by atoms with E-state index in [4.69, 9.17) is 0 Å². The normalized spacial score (nSPS) is 12.3. The van der Waals surface area contributed by atoms with Crippen LogP contribution in [0.4, 0.5) is 11.4 Å². The lowest BCUT2D eigenvalue weighted by Crippen LogP contribution is -2.63. The molecule has 2 N–H and O–H groups in total. The van der Waals surface area contributed by atoms with Crippen molar-refractivity contribution >= 4 is 25.1 Å².